The van der Waals surface area contributed by atoms with E-state index in [0.717, 1.165) is 0 Å². The molecule has 0 aliphatic carbocycles. The van der Waals surface area contributed by atoms with Gasteiger partial charge in [0.1, 0.15) is 0 Å². The zero-order chi connectivity index (χ0) is 14.5. The van der Waals surface area contributed by atoms with E-state index in [1.165, 1.54) is 30.8 Å². The van der Waals surface area contributed by atoms with Crippen LogP contribution in [-0.2, 0) is 21.4 Å². The standard InChI is InChI=1S/C11H14N3O3S2.H2O/c1-9(15)18-7-6-14-4-2-10(3-5-14)11(8-12)19(13,16)17;/h2-5,11H,6-7H2,1H3,(H2,13,16,17);1H2/q+1;/p-1. The van der Waals surface area contributed by atoms with Crippen LogP contribution in [0.25, 0.3) is 0 Å². The van der Waals surface area contributed by atoms with Gasteiger partial charge in [0.2, 0.25) is 10.0 Å². The molecule has 20 heavy (non-hydrogen) atoms. The maximum atomic E-state index is 11.2. The highest BCUT2D eigenvalue weighted by Gasteiger charge is 2.23. The first-order valence-corrected chi connectivity index (χ1v) is 7.97. The lowest BCUT2D eigenvalue weighted by molar-refractivity contribution is -0.692. The number of rotatable bonds is 5. The van der Waals surface area contributed by atoms with Crippen LogP contribution in [0.2, 0.25) is 0 Å². The summed E-state index contributed by atoms with van der Waals surface area (Å²) in [6.07, 6.45) is 3.32. The van der Waals surface area contributed by atoms with Crippen LogP contribution in [0.5, 0.6) is 0 Å². The SMILES string of the molecule is CC(=O)SCC[n+]1ccc(C(C#N)S(N)(=O)=O)cc1.[OH-]. The number of aromatic nitrogens is 1. The third-order valence-corrected chi connectivity index (χ3v) is 4.15. The number of primary sulfonamides is 1. The van der Waals surface area contributed by atoms with E-state index >= 15 is 0 Å². The normalized spacial score (nSPS) is 12.1. The molecule has 0 bridgehead atoms. The van der Waals surface area contributed by atoms with Gasteiger partial charge >= 0.3 is 0 Å². The summed E-state index contributed by atoms with van der Waals surface area (Å²) in [4.78, 5) is 10.8. The summed E-state index contributed by atoms with van der Waals surface area (Å²) < 4.78 is 24.2. The van der Waals surface area contributed by atoms with E-state index in [4.69, 9.17) is 10.4 Å². The first-order chi connectivity index (χ1) is 8.84. The molecule has 1 atom stereocenters. The number of sulfonamides is 1. The number of nitriles is 1. The molecule has 0 aliphatic rings. The minimum atomic E-state index is -3.93. The topological polar surface area (TPSA) is 135 Å². The fourth-order valence-corrected chi connectivity index (χ4v) is 2.70. The Morgan fingerprint density at radius 2 is 2.05 bits per heavy atom. The van der Waals surface area contributed by atoms with Crippen LogP contribution in [0.15, 0.2) is 24.5 Å². The Morgan fingerprint density at radius 1 is 1.50 bits per heavy atom. The van der Waals surface area contributed by atoms with Gasteiger partial charge in [0.25, 0.3) is 0 Å². The second kappa shape index (κ2) is 7.96. The van der Waals surface area contributed by atoms with Gasteiger partial charge in [-0.15, -0.1) is 0 Å². The number of thioether (sulfide) groups is 1. The molecule has 1 heterocycles. The third kappa shape index (κ3) is 5.66. The van der Waals surface area contributed by atoms with Crippen LogP contribution >= 0.6 is 11.8 Å². The van der Waals surface area contributed by atoms with Gasteiger partial charge in [0.05, 0.1) is 11.8 Å². The lowest BCUT2D eigenvalue weighted by atomic mass is 10.2. The summed E-state index contributed by atoms with van der Waals surface area (Å²) in [5.74, 6) is 0.635. The van der Waals surface area contributed by atoms with Crippen molar-refractivity contribution in [3.63, 3.8) is 0 Å². The highest BCUT2D eigenvalue weighted by Crippen LogP contribution is 2.17. The number of nitrogens with two attached hydrogens (primary N) is 1. The van der Waals surface area contributed by atoms with Gasteiger partial charge in [-0.2, -0.15) is 5.26 Å². The molecule has 3 N–H and O–H groups in total. The van der Waals surface area contributed by atoms with Gasteiger partial charge in [-0.05, 0) is 5.56 Å². The van der Waals surface area contributed by atoms with Crippen molar-refractivity contribution < 1.29 is 23.3 Å². The Bertz CT molecular complexity index is 593. The van der Waals surface area contributed by atoms with Gasteiger partial charge in [0.15, 0.2) is 29.3 Å². The molecule has 9 heteroatoms. The van der Waals surface area contributed by atoms with E-state index in [9.17, 15) is 13.2 Å². The highest BCUT2D eigenvalue weighted by molar-refractivity contribution is 8.13. The highest BCUT2D eigenvalue weighted by atomic mass is 32.2. The largest absolute Gasteiger partial charge is 0.870 e. The lowest BCUT2D eigenvalue weighted by Crippen LogP contribution is -2.34. The van der Waals surface area contributed by atoms with Gasteiger partial charge in [0, 0.05) is 19.1 Å². The Morgan fingerprint density at radius 3 is 2.45 bits per heavy atom. The van der Waals surface area contributed by atoms with Crippen molar-refractivity contribution in [1.29, 1.82) is 5.26 Å². The van der Waals surface area contributed by atoms with Crippen molar-refractivity contribution >= 4 is 26.9 Å². The molecule has 110 valence electrons. The van der Waals surface area contributed by atoms with Crippen LogP contribution in [0.4, 0.5) is 0 Å². The maximum Gasteiger partial charge on any atom is 0.229 e. The second-order valence-electron chi connectivity index (χ2n) is 3.81. The van der Waals surface area contributed by atoms with Crippen molar-refractivity contribution in [2.75, 3.05) is 5.75 Å². The Hall–Kier alpha value is -1.47. The first-order valence-electron chi connectivity index (χ1n) is 5.38. The number of aryl methyl sites for hydroxylation is 1. The minimum absolute atomic E-state index is 0. The Balaban J connectivity index is 0.00000361. The minimum Gasteiger partial charge on any atom is -0.870 e. The number of hydrogen-bond donors (Lipinski definition) is 1. The molecule has 0 saturated heterocycles. The third-order valence-electron chi connectivity index (χ3n) is 2.32. The molecule has 1 rings (SSSR count). The summed E-state index contributed by atoms with van der Waals surface area (Å²) in [7, 11) is -3.93. The number of hydrogen-bond acceptors (Lipinski definition) is 6. The molecule has 0 aromatic carbocycles. The van der Waals surface area contributed by atoms with Crippen molar-refractivity contribution in [2.45, 2.75) is 18.7 Å². The Kier molecular flexibility index (Phi) is 7.38. The van der Waals surface area contributed by atoms with Crippen LogP contribution in [0.1, 0.15) is 17.7 Å². The van der Waals surface area contributed by atoms with Crippen molar-refractivity contribution in [3.05, 3.63) is 30.1 Å². The molecule has 0 spiro atoms. The summed E-state index contributed by atoms with van der Waals surface area (Å²) in [6, 6.07) is 4.74. The number of pyridine rings is 1. The zero-order valence-electron chi connectivity index (χ0n) is 10.8. The van der Waals surface area contributed by atoms with E-state index in [1.54, 1.807) is 23.0 Å². The van der Waals surface area contributed by atoms with Gasteiger partial charge in [-0.1, -0.05) is 11.8 Å². The zero-order valence-corrected chi connectivity index (χ0v) is 12.4. The average molecular weight is 317 g/mol. The molecule has 7 nitrogen and oxygen atoms in total. The number of nitrogens with zero attached hydrogens (tertiary/aromatic N) is 2. The van der Waals surface area contributed by atoms with Crippen molar-refractivity contribution in [2.24, 2.45) is 5.14 Å². The van der Waals surface area contributed by atoms with E-state index in [2.05, 4.69) is 0 Å². The average Bonchev–Trinajstić information content (AvgIpc) is 2.30. The quantitative estimate of drug-likeness (QED) is 0.755. The Labute approximate surface area is 121 Å². The predicted molar refractivity (Wildman–Crippen MR) is 73.2 cm³/mol. The summed E-state index contributed by atoms with van der Waals surface area (Å²) in [6.45, 7) is 2.12. The molecular weight excluding hydrogens is 302 g/mol. The van der Waals surface area contributed by atoms with Gasteiger partial charge in [-0.3, -0.25) is 4.79 Å². The molecule has 1 aromatic rings. The van der Waals surface area contributed by atoms with E-state index < -0.39 is 15.3 Å². The molecule has 1 aromatic heterocycles. The predicted octanol–water partition coefficient (Wildman–Crippen LogP) is -0.0698. The smallest absolute Gasteiger partial charge is 0.229 e. The van der Waals surface area contributed by atoms with E-state index in [-0.39, 0.29) is 10.6 Å². The second-order valence-corrected chi connectivity index (χ2v) is 6.73. The van der Waals surface area contributed by atoms with Crippen molar-refractivity contribution in [3.8, 4) is 6.07 Å². The van der Waals surface area contributed by atoms with Crippen LogP contribution < -0.4 is 9.71 Å². The first kappa shape index (κ1) is 18.5. The maximum absolute atomic E-state index is 11.2. The van der Waals surface area contributed by atoms with Crippen molar-refractivity contribution in [1.82, 2.24) is 0 Å². The van der Waals surface area contributed by atoms with E-state index in [1.807, 2.05) is 0 Å². The number of carbonyl (C=O) groups is 1. The molecular formula is C11H15N3O4S2. The summed E-state index contributed by atoms with van der Waals surface area (Å²) in [5, 5.41) is 12.5. The summed E-state index contributed by atoms with van der Waals surface area (Å²) >= 11 is 1.22. The van der Waals surface area contributed by atoms with Crippen LogP contribution in [-0.4, -0.2) is 24.8 Å². The van der Waals surface area contributed by atoms with Crippen LogP contribution in [0, 0.1) is 11.3 Å². The molecule has 0 saturated carbocycles. The molecule has 0 aliphatic heterocycles. The molecule has 0 amide bonds. The fraction of sp³-hybridized carbons (Fsp3) is 0.364. The van der Waals surface area contributed by atoms with Gasteiger partial charge in [-0.25, -0.2) is 18.1 Å². The van der Waals surface area contributed by atoms with Crippen LogP contribution in [0.3, 0.4) is 0 Å². The molecule has 1 unspecified atom stereocenters. The van der Waals surface area contributed by atoms with E-state index in [0.29, 0.717) is 17.9 Å². The monoisotopic (exact) mass is 317 g/mol. The lowest BCUT2D eigenvalue weighted by Gasteiger charge is -2.05. The summed E-state index contributed by atoms with van der Waals surface area (Å²) in [5.41, 5.74) is 0.334. The molecule has 0 fully saturated rings. The molecule has 0 radical (unpaired) electrons. The van der Waals surface area contributed by atoms with Gasteiger partial charge < -0.3 is 5.48 Å². The number of carbonyl (C=O) groups excluding carboxylic acids is 1. The fourth-order valence-electron chi connectivity index (χ4n) is 1.43.